The highest BCUT2D eigenvalue weighted by molar-refractivity contribution is 4.90. The molecule has 0 aliphatic heterocycles. The molecule has 0 saturated carbocycles. The summed E-state index contributed by atoms with van der Waals surface area (Å²) < 4.78 is 0. The van der Waals surface area contributed by atoms with Crippen LogP contribution in [-0.2, 0) is 0 Å². The van der Waals surface area contributed by atoms with Gasteiger partial charge in [0.1, 0.15) is 0 Å². The first-order valence-corrected chi connectivity index (χ1v) is 5.21. The van der Waals surface area contributed by atoms with Crippen LogP contribution < -0.4 is 5.73 Å². The molecule has 1 nitrogen and oxygen atoms in total. The van der Waals surface area contributed by atoms with Crippen LogP contribution in [0.3, 0.4) is 0 Å². The molecule has 2 N–H and O–H groups in total. The Kier molecular flexibility index (Phi) is 4.69. The molecule has 0 radical (unpaired) electrons. The summed E-state index contributed by atoms with van der Waals surface area (Å²) in [5, 5.41) is 0. The van der Waals surface area contributed by atoms with E-state index in [9.17, 15) is 0 Å². The summed E-state index contributed by atoms with van der Waals surface area (Å²) in [6.07, 6.45) is 7.94. The monoisotopic (exact) mass is 183 g/mol. The average molecular weight is 183 g/mol. The lowest BCUT2D eigenvalue weighted by molar-refractivity contribution is 0.182. The second-order valence-electron chi connectivity index (χ2n) is 5.07. The highest BCUT2D eigenvalue weighted by Crippen LogP contribution is 2.33. The lowest BCUT2D eigenvalue weighted by atomic mass is 9.72. The van der Waals surface area contributed by atoms with Gasteiger partial charge in [-0.25, -0.2) is 0 Å². The maximum Gasteiger partial charge on any atom is 0.0148 e. The number of allylic oxidation sites excluding steroid dienone is 2. The predicted octanol–water partition coefficient (Wildman–Crippen LogP) is 3.50. The fourth-order valence-electron chi connectivity index (χ4n) is 1.15. The van der Waals surface area contributed by atoms with E-state index >= 15 is 0 Å². The van der Waals surface area contributed by atoms with Crippen LogP contribution in [0.2, 0.25) is 0 Å². The minimum Gasteiger partial charge on any atom is -0.325 e. The van der Waals surface area contributed by atoms with Crippen LogP contribution in [0, 0.1) is 5.41 Å². The zero-order valence-electron chi connectivity index (χ0n) is 9.85. The van der Waals surface area contributed by atoms with Gasteiger partial charge < -0.3 is 5.73 Å². The minimum absolute atomic E-state index is 0.0804. The SMILES string of the molecule is CC=CCCCC(C)(C)C(C)(C)N. The zero-order chi connectivity index (χ0) is 10.5. The summed E-state index contributed by atoms with van der Waals surface area (Å²) in [6, 6.07) is 0. The standard InChI is InChI=1S/C12H25N/c1-6-7-8-9-10-11(2,3)12(4,5)13/h6-7H,8-10,13H2,1-5H3. The first-order valence-electron chi connectivity index (χ1n) is 5.21. The van der Waals surface area contributed by atoms with E-state index in [1.54, 1.807) is 0 Å². The van der Waals surface area contributed by atoms with E-state index in [1.165, 1.54) is 19.3 Å². The van der Waals surface area contributed by atoms with Gasteiger partial charge in [0, 0.05) is 5.54 Å². The predicted molar refractivity (Wildman–Crippen MR) is 60.7 cm³/mol. The highest BCUT2D eigenvalue weighted by atomic mass is 14.7. The molecule has 0 aliphatic carbocycles. The van der Waals surface area contributed by atoms with Crippen molar-refractivity contribution in [2.45, 2.75) is 59.4 Å². The Bertz CT molecular complexity index is 160. The molecular weight excluding hydrogens is 158 g/mol. The van der Waals surface area contributed by atoms with E-state index in [2.05, 4.69) is 46.8 Å². The van der Waals surface area contributed by atoms with Crippen molar-refractivity contribution in [2.75, 3.05) is 0 Å². The van der Waals surface area contributed by atoms with E-state index < -0.39 is 0 Å². The van der Waals surface area contributed by atoms with Gasteiger partial charge >= 0.3 is 0 Å². The van der Waals surface area contributed by atoms with Crippen molar-refractivity contribution < 1.29 is 0 Å². The minimum atomic E-state index is -0.0804. The van der Waals surface area contributed by atoms with Crippen molar-refractivity contribution in [2.24, 2.45) is 11.1 Å². The van der Waals surface area contributed by atoms with Crippen molar-refractivity contribution in [3.05, 3.63) is 12.2 Å². The van der Waals surface area contributed by atoms with Gasteiger partial charge in [-0.3, -0.25) is 0 Å². The molecule has 0 rings (SSSR count). The molecule has 13 heavy (non-hydrogen) atoms. The van der Waals surface area contributed by atoms with Crippen molar-refractivity contribution in [3.8, 4) is 0 Å². The Labute approximate surface area is 83.4 Å². The van der Waals surface area contributed by atoms with Gasteiger partial charge in [-0.05, 0) is 45.4 Å². The molecule has 0 amide bonds. The van der Waals surface area contributed by atoms with Gasteiger partial charge in [0.15, 0.2) is 0 Å². The summed E-state index contributed by atoms with van der Waals surface area (Å²) in [5.74, 6) is 0. The van der Waals surface area contributed by atoms with Crippen molar-refractivity contribution in [1.29, 1.82) is 0 Å². The van der Waals surface area contributed by atoms with Gasteiger partial charge in [0.2, 0.25) is 0 Å². The van der Waals surface area contributed by atoms with Gasteiger partial charge in [0.25, 0.3) is 0 Å². The number of hydrogen-bond acceptors (Lipinski definition) is 1. The molecule has 0 heterocycles. The molecule has 0 atom stereocenters. The lowest BCUT2D eigenvalue weighted by Gasteiger charge is -2.38. The Balaban J connectivity index is 3.90. The number of nitrogens with two attached hydrogens (primary N) is 1. The average Bonchev–Trinajstić information content (AvgIpc) is 1.96. The number of hydrogen-bond donors (Lipinski definition) is 1. The zero-order valence-corrected chi connectivity index (χ0v) is 9.85. The first-order chi connectivity index (χ1) is 5.81. The van der Waals surface area contributed by atoms with Crippen molar-refractivity contribution >= 4 is 0 Å². The molecule has 0 fully saturated rings. The lowest BCUT2D eigenvalue weighted by Crippen LogP contribution is -2.47. The molecule has 0 spiro atoms. The van der Waals surface area contributed by atoms with E-state index in [-0.39, 0.29) is 11.0 Å². The number of unbranched alkanes of at least 4 members (excludes halogenated alkanes) is 1. The summed E-state index contributed by atoms with van der Waals surface area (Å²) >= 11 is 0. The summed E-state index contributed by atoms with van der Waals surface area (Å²) in [7, 11) is 0. The quantitative estimate of drug-likeness (QED) is 0.512. The van der Waals surface area contributed by atoms with Crippen LogP contribution in [0.5, 0.6) is 0 Å². The third-order valence-corrected chi connectivity index (χ3v) is 3.15. The second kappa shape index (κ2) is 4.80. The van der Waals surface area contributed by atoms with Crippen molar-refractivity contribution in [1.82, 2.24) is 0 Å². The van der Waals surface area contributed by atoms with E-state index in [1.807, 2.05) is 0 Å². The molecule has 0 aliphatic rings. The topological polar surface area (TPSA) is 26.0 Å². The maximum atomic E-state index is 6.11. The van der Waals surface area contributed by atoms with Gasteiger partial charge in [-0.15, -0.1) is 0 Å². The Hall–Kier alpha value is -0.300. The molecule has 1 heteroatoms. The molecule has 0 aromatic rings. The maximum absolute atomic E-state index is 6.11. The second-order valence-corrected chi connectivity index (χ2v) is 5.07. The largest absolute Gasteiger partial charge is 0.325 e. The van der Waals surface area contributed by atoms with Gasteiger partial charge in [-0.1, -0.05) is 26.0 Å². The summed E-state index contributed by atoms with van der Waals surface area (Å²) in [4.78, 5) is 0. The van der Waals surface area contributed by atoms with Crippen molar-refractivity contribution in [3.63, 3.8) is 0 Å². The van der Waals surface area contributed by atoms with Crippen LogP contribution in [0.25, 0.3) is 0 Å². The third-order valence-electron chi connectivity index (χ3n) is 3.15. The smallest absolute Gasteiger partial charge is 0.0148 e. The van der Waals surface area contributed by atoms with Crippen LogP contribution in [-0.4, -0.2) is 5.54 Å². The van der Waals surface area contributed by atoms with Gasteiger partial charge in [0.05, 0.1) is 0 Å². The fourth-order valence-corrected chi connectivity index (χ4v) is 1.15. The van der Waals surface area contributed by atoms with Gasteiger partial charge in [-0.2, -0.15) is 0 Å². The Morgan fingerprint density at radius 2 is 1.69 bits per heavy atom. The molecule has 0 unspecified atom stereocenters. The summed E-state index contributed by atoms with van der Waals surface area (Å²) in [6.45, 7) is 10.8. The number of rotatable bonds is 5. The van der Waals surface area contributed by atoms with Crippen LogP contribution in [0.15, 0.2) is 12.2 Å². The molecule has 0 aromatic carbocycles. The van der Waals surface area contributed by atoms with E-state index in [0.29, 0.717) is 0 Å². The third kappa shape index (κ3) is 4.47. The van der Waals surface area contributed by atoms with E-state index in [0.717, 1.165) is 0 Å². The Morgan fingerprint density at radius 3 is 2.08 bits per heavy atom. The van der Waals surface area contributed by atoms with Crippen LogP contribution >= 0.6 is 0 Å². The summed E-state index contributed by atoms with van der Waals surface area (Å²) in [5.41, 5.74) is 6.26. The fraction of sp³-hybridized carbons (Fsp3) is 0.833. The first kappa shape index (κ1) is 12.7. The van der Waals surface area contributed by atoms with Crippen LogP contribution in [0.1, 0.15) is 53.9 Å². The highest BCUT2D eigenvalue weighted by Gasteiger charge is 2.32. The molecule has 0 saturated heterocycles. The molecule has 0 aromatic heterocycles. The molecule has 78 valence electrons. The van der Waals surface area contributed by atoms with E-state index in [4.69, 9.17) is 5.73 Å². The van der Waals surface area contributed by atoms with Crippen LogP contribution in [0.4, 0.5) is 0 Å². The molecule has 0 bridgehead atoms. The normalized spacial score (nSPS) is 14.0. The Morgan fingerprint density at radius 1 is 1.15 bits per heavy atom. The molecular formula is C12H25N.